The number of anilines is 1. The predicted molar refractivity (Wildman–Crippen MR) is 86.7 cm³/mol. The van der Waals surface area contributed by atoms with Crippen molar-refractivity contribution in [2.45, 2.75) is 4.34 Å². The van der Waals surface area contributed by atoms with E-state index in [2.05, 4.69) is 15.5 Å². The molecule has 1 aromatic carbocycles. The van der Waals surface area contributed by atoms with E-state index in [1.165, 1.54) is 6.08 Å². The minimum atomic E-state index is -3.49. The summed E-state index contributed by atoms with van der Waals surface area (Å²) in [5, 5.41) is 19.0. The van der Waals surface area contributed by atoms with Crippen LogP contribution in [-0.2, 0) is 14.6 Å². The Kier molecular flexibility index (Phi) is 5.10. The molecule has 0 spiro atoms. The Morgan fingerprint density at radius 2 is 2.00 bits per heavy atom. The molecule has 1 N–H and O–H groups in total. The first-order chi connectivity index (χ1) is 10.8. The van der Waals surface area contributed by atoms with Gasteiger partial charge in [0.1, 0.15) is 11.6 Å². The molecule has 0 aliphatic rings. The maximum atomic E-state index is 12.0. The van der Waals surface area contributed by atoms with Crippen LogP contribution in [0.25, 0.3) is 6.08 Å². The molecule has 118 valence electrons. The van der Waals surface area contributed by atoms with Crippen molar-refractivity contribution >= 4 is 49.9 Å². The van der Waals surface area contributed by atoms with Crippen LogP contribution in [0.2, 0.25) is 5.02 Å². The lowest BCUT2D eigenvalue weighted by Crippen LogP contribution is -2.13. The molecule has 0 bridgehead atoms. The fourth-order valence-corrected chi connectivity index (χ4v) is 3.08. The van der Waals surface area contributed by atoms with Crippen molar-refractivity contribution in [3.8, 4) is 6.07 Å². The van der Waals surface area contributed by atoms with Gasteiger partial charge < -0.3 is 0 Å². The number of sulfone groups is 1. The highest BCUT2D eigenvalue weighted by molar-refractivity contribution is 7.92. The van der Waals surface area contributed by atoms with Crippen LogP contribution in [-0.4, -0.2) is 30.8 Å². The van der Waals surface area contributed by atoms with Crippen molar-refractivity contribution in [3.05, 3.63) is 40.4 Å². The molecule has 0 saturated heterocycles. The van der Waals surface area contributed by atoms with Gasteiger partial charge in [-0.2, -0.15) is 5.26 Å². The second kappa shape index (κ2) is 6.87. The first-order valence-corrected chi connectivity index (χ1v) is 9.10. The van der Waals surface area contributed by atoms with E-state index in [-0.39, 0.29) is 15.0 Å². The summed E-state index contributed by atoms with van der Waals surface area (Å²) in [7, 11) is -3.49. The van der Waals surface area contributed by atoms with Gasteiger partial charge in [-0.15, -0.1) is 10.2 Å². The highest BCUT2D eigenvalue weighted by Gasteiger charge is 2.17. The number of hydrogen-bond acceptors (Lipinski definition) is 7. The van der Waals surface area contributed by atoms with Gasteiger partial charge in [-0.25, -0.2) is 8.42 Å². The van der Waals surface area contributed by atoms with E-state index in [0.29, 0.717) is 21.9 Å². The lowest BCUT2D eigenvalue weighted by molar-refractivity contribution is -0.112. The zero-order valence-electron chi connectivity index (χ0n) is 11.6. The first kappa shape index (κ1) is 17.1. The maximum Gasteiger partial charge on any atom is 0.268 e. The molecule has 2 rings (SSSR count). The molecule has 0 radical (unpaired) electrons. The Morgan fingerprint density at radius 3 is 2.52 bits per heavy atom. The summed E-state index contributed by atoms with van der Waals surface area (Å²) in [4.78, 5) is 12.0. The molecule has 0 aliphatic heterocycles. The van der Waals surface area contributed by atoms with E-state index >= 15 is 0 Å². The van der Waals surface area contributed by atoms with E-state index in [0.717, 1.165) is 6.26 Å². The van der Waals surface area contributed by atoms with Crippen LogP contribution >= 0.6 is 22.9 Å². The molecular formula is C13H9ClN4O3S2. The van der Waals surface area contributed by atoms with Gasteiger partial charge in [0.05, 0.1) is 0 Å². The van der Waals surface area contributed by atoms with Gasteiger partial charge in [0.25, 0.3) is 5.91 Å². The van der Waals surface area contributed by atoms with E-state index in [1.54, 1.807) is 30.3 Å². The number of hydrogen-bond donors (Lipinski definition) is 1. The second-order valence-corrected chi connectivity index (χ2v) is 7.92. The fourth-order valence-electron chi connectivity index (χ4n) is 1.45. The van der Waals surface area contributed by atoms with Gasteiger partial charge in [0, 0.05) is 11.3 Å². The predicted octanol–water partition coefficient (Wildman–Crippen LogP) is 2.14. The second-order valence-electron chi connectivity index (χ2n) is 4.32. The zero-order valence-corrected chi connectivity index (χ0v) is 14.0. The minimum Gasteiger partial charge on any atom is -0.296 e. The summed E-state index contributed by atoms with van der Waals surface area (Å²) < 4.78 is 22.4. The van der Waals surface area contributed by atoms with Crippen LogP contribution in [0.15, 0.2) is 34.2 Å². The van der Waals surface area contributed by atoms with E-state index in [4.69, 9.17) is 16.9 Å². The van der Waals surface area contributed by atoms with E-state index < -0.39 is 15.7 Å². The molecule has 0 fully saturated rings. The molecular weight excluding hydrogens is 360 g/mol. The number of rotatable bonds is 4. The smallest absolute Gasteiger partial charge is 0.268 e. The lowest BCUT2D eigenvalue weighted by atomic mass is 10.1. The molecule has 0 saturated carbocycles. The number of carbonyl (C=O) groups is 1. The summed E-state index contributed by atoms with van der Waals surface area (Å²) in [6.45, 7) is 0. The Labute approximate surface area is 141 Å². The summed E-state index contributed by atoms with van der Waals surface area (Å²) in [5.41, 5.74) is 0.457. The van der Waals surface area contributed by atoms with Crippen LogP contribution in [0.1, 0.15) is 5.56 Å². The van der Waals surface area contributed by atoms with E-state index in [9.17, 15) is 13.2 Å². The molecule has 1 heterocycles. The van der Waals surface area contributed by atoms with Gasteiger partial charge in [-0.1, -0.05) is 35.1 Å². The van der Waals surface area contributed by atoms with Crippen molar-refractivity contribution in [2.75, 3.05) is 11.6 Å². The van der Waals surface area contributed by atoms with Crippen LogP contribution in [0.4, 0.5) is 5.13 Å². The third-order valence-corrected chi connectivity index (χ3v) is 5.25. The van der Waals surface area contributed by atoms with E-state index in [1.807, 2.05) is 0 Å². The third kappa shape index (κ3) is 4.59. The Balaban J connectivity index is 2.19. The fraction of sp³-hybridized carbons (Fsp3) is 0.0769. The number of benzene rings is 1. The molecule has 23 heavy (non-hydrogen) atoms. The van der Waals surface area contributed by atoms with Gasteiger partial charge in [-0.05, 0) is 23.8 Å². The average Bonchev–Trinajstić information content (AvgIpc) is 2.95. The topological polar surface area (TPSA) is 113 Å². The largest absolute Gasteiger partial charge is 0.296 e. The standard InChI is InChI=1S/C13H9ClN4O3S2/c1-23(20,21)13-18-17-12(22-13)16-11(19)9(7-15)6-8-2-4-10(14)5-3-8/h2-6H,1H3,(H,16,17,19). The lowest BCUT2D eigenvalue weighted by Gasteiger charge is -1.99. The number of nitrogens with zero attached hydrogens (tertiary/aromatic N) is 3. The molecule has 7 nitrogen and oxygen atoms in total. The molecule has 0 aliphatic carbocycles. The van der Waals surface area contributed by atoms with Crippen molar-refractivity contribution in [1.29, 1.82) is 5.26 Å². The van der Waals surface area contributed by atoms with Crippen LogP contribution in [0.3, 0.4) is 0 Å². The first-order valence-electron chi connectivity index (χ1n) is 6.02. The summed E-state index contributed by atoms with van der Waals surface area (Å²) >= 11 is 6.47. The number of amides is 1. The maximum absolute atomic E-state index is 12.0. The average molecular weight is 369 g/mol. The minimum absolute atomic E-state index is 0.00678. The quantitative estimate of drug-likeness (QED) is 0.502. The Morgan fingerprint density at radius 1 is 1.35 bits per heavy atom. The molecule has 1 amide bonds. The van der Waals surface area contributed by atoms with Crippen molar-refractivity contribution < 1.29 is 13.2 Å². The Hall–Kier alpha value is -2.28. The van der Waals surface area contributed by atoms with Crippen LogP contribution in [0, 0.1) is 11.3 Å². The number of nitrogens with one attached hydrogen (secondary N) is 1. The number of nitriles is 1. The monoisotopic (exact) mass is 368 g/mol. The van der Waals surface area contributed by atoms with Gasteiger partial charge in [0.2, 0.25) is 19.3 Å². The van der Waals surface area contributed by atoms with Crippen molar-refractivity contribution in [3.63, 3.8) is 0 Å². The summed E-state index contributed by atoms with van der Waals surface area (Å²) in [5.74, 6) is -0.710. The number of carbonyl (C=O) groups excluding carboxylic acids is 1. The highest BCUT2D eigenvalue weighted by Crippen LogP contribution is 2.20. The molecule has 1 aromatic heterocycles. The number of halogens is 1. The highest BCUT2D eigenvalue weighted by atomic mass is 35.5. The normalized spacial score (nSPS) is 11.8. The molecule has 0 atom stereocenters. The van der Waals surface area contributed by atoms with Gasteiger partial charge >= 0.3 is 0 Å². The van der Waals surface area contributed by atoms with Crippen molar-refractivity contribution in [2.24, 2.45) is 0 Å². The van der Waals surface area contributed by atoms with Gasteiger partial charge in [-0.3, -0.25) is 10.1 Å². The zero-order chi connectivity index (χ0) is 17.0. The SMILES string of the molecule is CS(=O)(=O)c1nnc(NC(=O)C(C#N)=Cc2ccc(Cl)cc2)s1. The van der Waals surface area contributed by atoms with Crippen LogP contribution in [0.5, 0.6) is 0 Å². The Bertz CT molecular complexity index is 911. The van der Waals surface area contributed by atoms with Gasteiger partial charge in [0.15, 0.2) is 0 Å². The molecule has 0 unspecified atom stereocenters. The van der Waals surface area contributed by atoms with Crippen LogP contribution < -0.4 is 5.32 Å². The molecule has 10 heteroatoms. The molecule has 2 aromatic rings. The third-order valence-electron chi connectivity index (χ3n) is 2.49. The summed E-state index contributed by atoms with van der Waals surface area (Å²) in [6.07, 6.45) is 2.37. The summed E-state index contributed by atoms with van der Waals surface area (Å²) in [6, 6.07) is 8.34. The number of aromatic nitrogens is 2. The van der Waals surface area contributed by atoms with Crippen molar-refractivity contribution in [1.82, 2.24) is 10.2 Å².